The van der Waals surface area contributed by atoms with E-state index in [9.17, 15) is 13.2 Å². The normalized spacial score (nSPS) is 14.0. The van der Waals surface area contributed by atoms with Crippen LogP contribution in [0, 0.1) is 0 Å². The van der Waals surface area contributed by atoms with Crippen molar-refractivity contribution in [1.29, 1.82) is 0 Å². The molecule has 0 heterocycles. The molecular formula is C10H18F3N. The lowest BCUT2D eigenvalue weighted by Gasteiger charge is -2.13. The Balaban J connectivity index is 3.31. The van der Waals surface area contributed by atoms with E-state index in [0.717, 1.165) is 12.8 Å². The molecule has 0 bridgehead atoms. The third kappa shape index (κ3) is 9.58. The molecule has 14 heavy (non-hydrogen) atoms. The van der Waals surface area contributed by atoms with Gasteiger partial charge in [-0.05, 0) is 32.7 Å². The Hall–Kier alpha value is -0.510. The second-order valence-electron chi connectivity index (χ2n) is 3.44. The number of allylic oxidation sites excluding steroid dienone is 1. The fourth-order valence-corrected chi connectivity index (χ4v) is 1.11. The summed E-state index contributed by atoms with van der Waals surface area (Å²) in [6.45, 7) is 5.98. The smallest absolute Gasteiger partial charge is 0.314 e. The van der Waals surface area contributed by atoms with Gasteiger partial charge in [-0.1, -0.05) is 6.08 Å². The van der Waals surface area contributed by atoms with Crippen LogP contribution in [0.15, 0.2) is 12.7 Å². The molecule has 0 aromatic rings. The van der Waals surface area contributed by atoms with Crippen LogP contribution in [-0.2, 0) is 0 Å². The predicted octanol–water partition coefficient (Wildman–Crippen LogP) is 3.27. The number of hydrogen-bond donors (Lipinski definition) is 1. The third-order valence-electron chi connectivity index (χ3n) is 1.93. The molecule has 4 heteroatoms. The largest absolute Gasteiger partial charge is 0.389 e. The maximum absolute atomic E-state index is 11.7. The molecule has 1 atom stereocenters. The standard InChI is InChI=1S/C10H18F3N/c1-3-4-6-9(2)14-8-5-7-10(11,12)13/h3,9,14H,1,4-8H2,2H3. The minimum Gasteiger partial charge on any atom is -0.314 e. The number of halogens is 3. The SMILES string of the molecule is C=CCCC(C)NCCCC(F)(F)F. The molecule has 0 saturated heterocycles. The van der Waals surface area contributed by atoms with Crippen LogP contribution in [-0.4, -0.2) is 18.8 Å². The van der Waals surface area contributed by atoms with E-state index < -0.39 is 12.6 Å². The summed E-state index contributed by atoms with van der Waals surface area (Å²) in [6, 6.07) is 0.265. The second kappa shape index (κ2) is 6.87. The highest BCUT2D eigenvalue weighted by Crippen LogP contribution is 2.20. The summed E-state index contributed by atoms with van der Waals surface area (Å²) in [5.41, 5.74) is 0. The monoisotopic (exact) mass is 209 g/mol. The van der Waals surface area contributed by atoms with Crippen LogP contribution < -0.4 is 5.32 Å². The van der Waals surface area contributed by atoms with Crippen molar-refractivity contribution in [2.45, 2.75) is 44.8 Å². The summed E-state index contributed by atoms with van der Waals surface area (Å²) in [4.78, 5) is 0. The van der Waals surface area contributed by atoms with E-state index in [1.807, 2.05) is 13.0 Å². The van der Waals surface area contributed by atoms with Gasteiger partial charge >= 0.3 is 6.18 Å². The molecule has 0 spiro atoms. The van der Waals surface area contributed by atoms with E-state index in [1.165, 1.54) is 0 Å². The van der Waals surface area contributed by atoms with Gasteiger partial charge in [0.05, 0.1) is 0 Å². The van der Waals surface area contributed by atoms with Crippen molar-refractivity contribution < 1.29 is 13.2 Å². The average molecular weight is 209 g/mol. The number of hydrogen-bond acceptors (Lipinski definition) is 1. The van der Waals surface area contributed by atoms with Gasteiger partial charge < -0.3 is 5.32 Å². The van der Waals surface area contributed by atoms with E-state index in [1.54, 1.807) is 0 Å². The summed E-state index contributed by atoms with van der Waals surface area (Å²) in [7, 11) is 0. The van der Waals surface area contributed by atoms with Crippen LogP contribution >= 0.6 is 0 Å². The molecule has 0 fully saturated rings. The van der Waals surface area contributed by atoms with Crippen molar-refractivity contribution in [3.05, 3.63) is 12.7 Å². The van der Waals surface area contributed by atoms with Crippen LogP contribution in [0.3, 0.4) is 0 Å². The van der Waals surface area contributed by atoms with E-state index >= 15 is 0 Å². The van der Waals surface area contributed by atoms with Crippen LogP contribution in [0.2, 0.25) is 0 Å². The summed E-state index contributed by atoms with van der Waals surface area (Å²) < 4.78 is 35.2. The van der Waals surface area contributed by atoms with Gasteiger partial charge in [-0.25, -0.2) is 0 Å². The fourth-order valence-electron chi connectivity index (χ4n) is 1.11. The highest BCUT2D eigenvalue weighted by atomic mass is 19.4. The summed E-state index contributed by atoms with van der Waals surface area (Å²) in [6.07, 6.45) is -0.932. The average Bonchev–Trinajstić information content (AvgIpc) is 2.07. The molecular weight excluding hydrogens is 191 g/mol. The molecule has 1 nitrogen and oxygen atoms in total. The van der Waals surface area contributed by atoms with Crippen LogP contribution in [0.4, 0.5) is 13.2 Å². The molecule has 1 unspecified atom stereocenters. The van der Waals surface area contributed by atoms with Gasteiger partial charge in [0.15, 0.2) is 0 Å². The fraction of sp³-hybridized carbons (Fsp3) is 0.800. The lowest BCUT2D eigenvalue weighted by atomic mass is 10.2. The number of alkyl halides is 3. The first kappa shape index (κ1) is 13.5. The minimum atomic E-state index is -4.02. The molecule has 84 valence electrons. The number of nitrogens with one attached hydrogen (secondary N) is 1. The quantitative estimate of drug-likeness (QED) is 0.501. The second-order valence-corrected chi connectivity index (χ2v) is 3.44. The van der Waals surface area contributed by atoms with Gasteiger partial charge in [0.1, 0.15) is 0 Å². The van der Waals surface area contributed by atoms with Crippen molar-refractivity contribution in [2.75, 3.05) is 6.54 Å². The summed E-state index contributed by atoms with van der Waals surface area (Å²) >= 11 is 0. The van der Waals surface area contributed by atoms with E-state index in [-0.39, 0.29) is 12.5 Å². The van der Waals surface area contributed by atoms with E-state index in [2.05, 4.69) is 11.9 Å². The maximum atomic E-state index is 11.7. The van der Waals surface area contributed by atoms with Crippen molar-refractivity contribution in [3.63, 3.8) is 0 Å². The van der Waals surface area contributed by atoms with Gasteiger partial charge in [-0.2, -0.15) is 13.2 Å². The summed E-state index contributed by atoms with van der Waals surface area (Å²) in [5.74, 6) is 0. The zero-order valence-electron chi connectivity index (χ0n) is 8.53. The highest BCUT2D eigenvalue weighted by molar-refractivity contribution is 4.71. The first-order valence-electron chi connectivity index (χ1n) is 4.86. The minimum absolute atomic E-state index is 0.155. The van der Waals surface area contributed by atoms with Gasteiger partial charge in [0, 0.05) is 12.5 Å². The Morgan fingerprint density at radius 1 is 1.43 bits per heavy atom. The predicted molar refractivity (Wildman–Crippen MR) is 52.2 cm³/mol. The Kier molecular flexibility index (Phi) is 6.62. The molecule has 0 radical (unpaired) electrons. The molecule has 0 aliphatic heterocycles. The number of rotatable bonds is 7. The molecule has 0 aliphatic rings. The lowest BCUT2D eigenvalue weighted by Crippen LogP contribution is -2.27. The Labute approximate surface area is 83.4 Å². The molecule has 0 rings (SSSR count). The van der Waals surface area contributed by atoms with Crippen molar-refractivity contribution in [1.82, 2.24) is 5.32 Å². The highest BCUT2D eigenvalue weighted by Gasteiger charge is 2.25. The van der Waals surface area contributed by atoms with Crippen LogP contribution in [0.1, 0.15) is 32.6 Å². The van der Waals surface area contributed by atoms with Crippen molar-refractivity contribution >= 4 is 0 Å². The Morgan fingerprint density at radius 2 is 2.07 bits per heavy atom. The van der Waals surface area contributed by atoms with Gasteiger partial charge in [0.2, 0.25) is 0 Å². The first-order chi connectivity index (χ1) is 6.45. The zero-order chi connectivity index (χ0) is 11.0. The van der Waals surface area contributed by atoms with Gasteiger partial charge in [0.25, 0.3) is 0 Å². The van der Waals surface area contributed by atoms with Crippen molar-refractivity contribution in [2.24, 2.45) is 0 Å². The molecule has 0 aliphatic carbocycles. The van der Waals surface area contributed by atoms with Crippen molar-refractivity contribution in [3.8, 4) is 0 Å². The van der Waals surface area contributed by atoms with Crippen LogP contribution in [0.25, 0.3) is 0 Å². The topological polar surface area (TPSA) is 12.0 Å². The maximum Gasteiger partial charge on any atom is 0.389 e. The molecule has 0 saturated carbocycles. The third-order valence-corrected chi connectivity index (χ3v) is 1.93. The molecule has 0 amide bonds. The van der Waals surface area contributed by atoms with Gasteiger partial charge in [-0.15, -0.1) is 6.58 Å². The molecule has 0 aromatic carbocycles. The zero-order valence-corrected chi connectivity index (χ0v) is 8.53. The Bertz CT molecular complexity index is 154. The first-order valence-corrected chi connectivity index (χ1v) is 4.86. The van der Waals surface area contributed by atoms with Crippen LogP contribution in [0.5, 0.6) is 0 Å². The molecule has 1 N–H and O–H groups in total. The lowest BCUT2D eigenvalue weighted by molar-refractivity contribution is -0.135. The van der Waals surface area contributed by atoms with E-state index in [0.29, 0.717) is 6.54 Å². The van der Waals surface area contributed by atoms with E-state index in [4.69, 9.17) is 0 Å². The Morgan fingerprint density at radius 3 is 2.57 bits per heavy atom. The summed E-state index contributed by atoms with van der Waals surface area (Å²) in [5, 5.41) is 3.04. The molecule has 0 aromatic heterocycles. The van der Waals surface area contributed by atoms with Gasteiger partial charge in [-0.3, -0.25) is 0 Å².